The number of hydrogen-bond donors (Lipinski definition) is 2. The van der Waals surface area contributed by atoms with Crippen molar-refractivity contribution >= 4 is 34.6 Å². The zero-order chi connectivity index (χ0) is 18.2. The molecule has 2 N–H and O–H groups in total. The van der Waals surface area contributed by atoms with Gasteiger partial charge >= 0.3 is 0 Å². The van der Waals surface area contributed by atoms with E-state index in [0.29, 0.717) is 11.7 Å². The van der Waals surface area contributed by atoms with E-state index >= 15 is 0 Å². The molecule has 5 nitrogen and oxygen atoms in total. The van der Waals surface area contributed by atoms with Crippen LogP contribution in [0.15, 0.2) is 24.3 Å². The van der Waals surface area contributed by atoms with Crippen LogP contribution < -0.4 is 10.6 Å². The average Bonchev–Trinajstić information content (AvgIpc) is 2.82. The summed E-state index contributed by atoms with van der Waals surface area (Å²) in [6.45, 7) is 8.93. The summed E-state index contributed by atoms with van der Waals surface area (Å²) in [6, 6.07) is 7.81. The van der Waals surface area contributed by atoms with Gasteiger partial charge in [-0.1, -0.05) is 23.7 Å². The first-order valence-corrected chi connectivity index (χ1v) is 9.21. The van der Waals surface area contributed by atoms with Crippen molar-refractivity contribution in [3.8, 4) is 0 Å². The van der Waals surface area contributed by atoms with Gasteiger partial charge in [-0.15, -0.1) is 0 Å². The highest BCUT2D eigenvalue weighted by atomic mass is 35.5. The van der Waals surface area contributed by atoms with Gasteiger partial charge in [0.25, 0.3) is 0 Å². The molecule has 0 radical (unpaired) electrons. The molecule has 0 fully saturated rings. The van der Waals surface area contributed by atoms with Crippen LogP contribution in [0.4, 0.5) is 5.69 Å². The number of nitrogens with one attached hydrogen (secondary N) is 2. The normalized spacial score (nSPS) is 10.7. The van der Waals surface area contributed by atoms with E-state index in [9.17, 15) is 0 Å². The van der Waals surface area contributed by atoms with Gasteiger partial charge in [0.15, 0.2) is 5.11 Å². The van der Waals surface area contributed by atoms with E-state index < -0.39 is 0 Å². The molecule has 0 bridgehead atoms. The molecule has 0 saturated heterocycles. The quantitative estimate of drug-likeness (QED) is 0.537. The third-order valence-corrected chi connectivity index (χ3v) is 4.28. The van der Waals surface area contributed by atoms with Crippen LogP contribution in [0, 0.1) is 13.8 Å². The second kappa shape index (κ2) is 9.75. The van der Waals surface area contributed by atoms with Crippen LogP contribution in [-0.4, -0.2) is 34.7 Å². The molecule has 0 aliphatic heterocycles. The van der Waals surface area contributed by atoms with Gasteiger partial charge in [0, 0.05) is 24.8 Å². The van der Waals surface area contributed by atoms with Crippen molar-refractivity contribution in [1.29, 1.82) is 0 Å². The van der Waals surface area contributed by atoms with Gasteiger partial charge in [-0.25, -0.2) is 0 Å². The Kier molecular flexibility index (Phi) is 7.68. The minimum atomic E-state index is 0.602. The molecule has 25 heavy (non-hydrogen) atoms. The fraction of sp³-hybridized carbons (Fsp3) is 0.444. The van der Waals surface area contributed by atoms with Crippen LogP contribution in [0.3, 0.4) is 0 Å². The van der Waals surface area contributed by atoms with Gasteiger partial charge in [-0.2, -0.15) is 5.10 Å². The summed E-state index contributed by atoms with van der Waals surface area (Å²) in [5, 5.41) is 12.4. The van der Waals surface area contributed by atoms with Crippen molar-refractivity contribution in [3.05, 3.63) is 46.2 Å². The second-order valence-corrected chi connectivity index (χ2v) is 6.61. The van der Waals surface area contributed by atoms with Crippen LogP contribution in [0.1, 0.15) is 30.3 Å². The minimum absolute atomic E-state index is 0.602. The van der Waals surface area contributed by atoms with Gasteiger partial charge in [0.05, 0.1) is 23.6 Å². The molecule has 0 saturated carbocycles. The van der Waals surface area contributed by atoms with Crippen molar-refractivity contribution in [2.45, 2.75) is 33.7 Å². The van der Waals surface area contributed by atoms with Crippen LogP contribution in [0.2, 0.25) is 5.02 Å². The van der Waals surface area contributed by atoms with Crippen LogP contribution in [-0.2, 0) is 11.3 Å². The zero-order valence-electron chi connectivity index (χ0n) is 14.9. The summed E-state index contributed by atoms with van der Waals surface area (Å²) < 4.78 is 7.27. The molecule has 1 heterocycles. The van der Waals surface area contributed by atoms with Crippen LogP contribution in [0.5, 0.6) is 0 Å². The first-order valence-electron chi connectivity index (χ1n) is 8.42. The molecule has 0 amide bonds. The number of nitrogens with zero attached hydrogens (tertiary/aromatic N) is 2. The highest BCUT2D eigenvalue weighted by molar-refractivity contribution is 7.80. The van der Waals surface area contributed by atoms with Crippen molar-refractivity contribution in [1.82, 2.24) is 15.1 Å². The number of hydrogen-bond acceptors (Lipinski definition) is 3. The smallest absolute Gasteiger partial charge is 0.170 e. The average molecular weight is 381 g/mol. The first kappa shape index (κ1) is 19.7. The number of anilines is 1. The van der Waals surface area contributed by atoms with E-state index in [1.165, 1.54) is 0 Å². The van der Waals surface area contributed by atoms with E-state index in [1.807, 2.05) is 49.7 Å². The van der Waals surface area contributed by atoms with Gasteiger partial charge < -0.3 is 15.4 Å². The van der Waals surface area contributed by atoms with Crippen molar-refractivity contribution in [3.63, 3.8) is 0 Å². The summed E-state index contributed by atoms with van der Waals surface area (Å²) in [7, 11) is 0. The Morgan fingerprint density at radius 2 is 2.16 bits per heavy atom. The molecule has 1 aromatic heterocycles. The molecule has 1 aromatic carbocycles. The summed E-state index contributed by atoms with van der Waals surface area (Å²) in [4.78, 5) is 0. The van der Waals surface area contributed by atoms with Gasteiger partial charge in [0.2, 0.25) is 0 Å². The SMILES string of the molecule is CCOCCCNC(=S)Nc1c(C)nn(Cc2cccc(Cl)c2)c1C. The number of rotatable bonds is 8. The van der Waals surface area contributed by atoms with Gasteiger partial charge in [-0.05, 0) is 57.1 Å². The highest BCUT2D eigenvalue weighted by Gasteiger charge is 2.13. The molecule has 0 aliphatic carbocycles. The Morgan fingerprint density at radius 1 is 1.36 bits per heavy atom. The summed E-state index contributed by atoms with van der Waals surface area (Å²) >= 11 is 11.4. The van der Waals surface area contributed by atoms with E-state index in [-0.39, 0.29) is 0 Å². The monoisotopic (exact) mass is 380 g/mol. The number of aryl methyl sites for hydroxylation is 1. The molecule has 2 aromatic rings. The fourth-order valence-electron chi connectivity index (χ4n) is 2.52. The predicted octanol–water partition coefficient (Wildman–Crippen LogP) is 3.91. The Hall–Kier alpha value is -1.63. The largest absolute Gasteiger partial charge is 0.382 e. The number of benzene rings is 1. The molecular weight excluding hydrogens is 356 g/mol. The molecule has 7 heteroatoms. The lowest BCUT2D eigenvalue weighted by molar-refractivity contribution is 0.146. The lowest BCUT2D eigenvalue weighted by atomic mass is 10.2. The standard InChI is InChI=1S/C18H25ClN4OS/c1-4-24-10-6-9-20-18(25)21-17-13(2)22-23(14(17)3)12-15-7-5-8-16(19)11-15/h5,7-8,11H,4,6,9-10,12H2,1-3H3,(H2,20,21,25). The Bertz CT molecular complexity index is 717. The maximum absolute atomic E-state index is 6.06. The lowest BCUT2D eigenvalue weighted by Gasteiger charge is -2.11. The van der Waals surface area contributed by atoms with Crippen molar-refractivity contribution in [2.75, 3.05) is 25.1 Å². The minimum Gasteiger partial charge on any atom is -0.382 e. The molecule has 0 aliphatic rings. The first-order chi connectivity index (χ1) is 12.0. The summed E-state index contributed by atoms with van der Waals surface area (Å²) in [5.41, 5.74) is 4.01. The van der Waals surface area contributed by atoms with E-state index in [0.717, 1.165) is 53.8 Å². The zero-order valence-corrected chi connectivity index (χ0v) is 16.5. The van der Waals surface area contributed by atoms with E-state index in [4.69, 9.17) is 28.6 Å². The van der Waals surface area contributed by atoms with Crippen molar-refractivity contribution < 1.29 is 4.74 Å². The maximum atomic E-state index is 6.06. The Labute approximate surface area is 159 Å². The molecule has 0 atom stereocenters. The Morgan fingerprint density at radius 3 is 2.88 bits per heavy atom. The second-order valence-electron chi connectivity index (χ2n) is 5.76. The molecule has 0 spiro atoms. The highest BCUT2D eigenvalue weighted by Crippen LogP contribution is 2.21. The topological polar surface area (TPSA) is 51.1 Å². The van der Waals surface area contributed by atoms with Gasteiger partial charge in [0.1, 0.15) is 0 Å². The third-order valence-electron chi connectivity index (χ3n) is 3.80. The number of aromatic nitrogens is 2. The third kappa shape index (κ3) is 5.99. The van der Waals surface area contributed by atoms with Crippen LogP contribution >= 0.6 is 23.8 Å². The fourth-order valence-corrected chi connectivity index (χ4v) is 2.94. The summed E-state index contributed by atoms with van der Waals surface area (Å²) in [6.07, 6.45) is 0.918. The number of halogens is 1. The van der Waals surface area contributed by atoms with E-state index in [2.05, 4.69) is 15.7 Å². The molecule has 2 rings (SSSR count). The molecular formula is C18H25ClN4OS. The Balaban J connectivity index is 1.95. The van der Waals surface area contributed by atoms with Crippen molar-refractivity contribution in [2.24, 2.45) is 0 Å². The van der Waals surface area contributed by atoms with Gasteiger partial charge in [-0.3, -0.25) is 4.68 Å². The number of thiocarbonyl (C=S) groups is 1. The van der Waals surface area contributed by atoms with Crippen LogP contribution in [0.25, 0.3) is 0 Å². The van der Waals surface area contributed by atoms with E-state index in [1.54, 1.807) is 0 Å². The predicted molar refractivity (Wildman–Crippen MR) is 108 cm³/mol. The number of ether oxygens (including phenoxy) is 1. The molecule has 0 unspecified atom stereocenters. The molecule has 136 valence electrons. The maximum Gasteiger partial charge on any atom is 0.170 e. The lowest BCUT2D eigenvalue weighted by Crippen LogP contribution is -2.30. The summed E-state index contributed by atoms with van der Waals surface area (Å²) in [5.74, 6) is 0.